The summed E-state index contributed by atoms with van der Waals surface area (Å²) >= 11 is 0. The van der Waals surface area contributed by atoms with E-state index >= 15 is 0 Å². The average molecular weight is 182 g/mol. The predicted molar refractivity (Wildman–Crippen MR) is 54.4 cm³/mol. The zero-order chi connectivity index (χ0) is 10.3. The predicted octanol–water partition coefficient (Wildman–Crippen LogP) is 2.71. The zero-order valence-electron chi connectivity index (χ0n) is 8.83. The largest absolute Gasteiger partial charge is 0.462 e. The van der Waals surface area contributed by atoms with Gasteiger partial charge >= 0.3 is 5.97 Å². The molecule has 0 aliphatic carbocycles. The van der Waals surface area contributed by atoms with Crippen LogP contribution in [0.5, 0.6) is 0 Å². The lowest BCUT2D eigenvalue weighted by molar-refractivity contribution is -0.140. The molecular weight excluding hydrogens is 164 g/mol. The van der Waals surface area contributed by atoms with Crippen molar-refractivity contribution in [2.75, 3.05) is 6.61 Å². The van der Waals surface area contributed by atoms with Gasteiger partial charge in [0.25, 0.3) is 0 Å². The minimum atomic E-state index is -0.230. The Morgan fingerprint density at radius 3 is 2.54 bits per heavy atom. The van der Waals surface area contributed by atoms with Gasteiger partial charge in [-0.3, -0.25) is 0 Å². The summed E-state index contributed by atoms with van der Waals surface area (Å²) in [6.07, 6.45) is 5.45. The maximum atomic E-state index is 11.2. The topological polar surface area (TPSA) is 26.3 Å². The van der Waals surface area contributed by atoms with Gasteiger partial charge in [-0.25, -0.2) is 4.79 Å². The van der Waals surface area contributed by atoms with Crippen molar-refractivity contribution in [3.8, 4) is 0 Å². The highest BCUT2D eigenvalue weighted by Crippen LogP contribution is 2.00. The summed E-state index contributed by atoms with van der Waals surface area (Å²) in [5.41, 5.74) is 0.638. The van der Waals surface area contributed by atoms with E-state index in [4.69, 9.17) is 4.74 Å². The van der Waals surface area contributed by atoms with Crippen molar-refractivity contribution < 1.29 is 9.53 Å². The Morgan fingerprint density at radius 1 is 1.46 bits per heavy atom. The molecule has 0 aromatic heterocycles. The van der Waals surface area contributed by atoms with Gasteiger partial charge in [0.1, 0.15) is 0 Å². The van der Waals surface area contributed by atoms with E-state index in [0.717, 1.165) is 0 Å². The van der Waals surface area contributed by atoms with Gasteiger partial charge in [0.2, 0.25) is 0 Å². The van der Waals surface area contributed by atoms with Gasteiger partial charge in [0, 0.05) is 5.57 Å². The summed E-state index contributed by atoms with van der Waals surface area (Å²) in [6, 6.07) is 0. The Hall–Kier alpha value is -1.05. The molecule has 0 heterocycles. The first-order chi connectivity index (χ1) is 6.07. The van der Waals surface area contributed by atoms with Gasteiger partial charge in [-0.1, -0.05) is 32.1 Å². The van der Waals surface area contributed by atoms with Crippen LogP contribution in [0.1, 0.15) is 27.7 Å². The number of esters is 1. The van der Waals surface area contributed by atoms with Crippen molar-refractivity contribution >= 4 is 5.97 Å². The molecule has 74 valence electrons. The quantitative estimate of drug-likeness (QED) is 0.379. The maximum absolute atomic E-state index is 11.2. The van der Waals surface area contributed by atoms with Gasteiger partial charge in [-0.05, 0) is 19.8 Å². The number of ether oxygens (including phenoxy) is 1. The Morgan fingerprint density at radius 2 is 2.08 bits per heavy atom. The number of hydrogen-bond donors (Lipinski definition) is 0. The minimum Gasteiger partial charge on any atom is -0.462 e. The molecule has 0 rings (SSSR count). The van der Waals surface area contributed by atoms with Gasteiger partial charge < -0.3 is 4.74 Å². The van der Waals surface area contributed by atoms with E-state index in [-0.39, 0.29) is 5.97 Å². The molecule has 0 atom stereocenters. The molecule has 0 fully saturated rings. The molecule has 0 unspecified atom stereocenters. The second-order valence-electron chi connectivity index (χ2n) is 3.37. The summed E-state index contributed by atoms with van der Waals surface area (Å²) in [5, 5.41) is 0. The van der Waals surface area contributed by atoms with Crippen LogP contribution in [-0.2, 0) is 9.53 Å². The smallest absolute Gasteiger partial charge is 0.333 e. The Labute approximate surface area is 80.3 Å². The number of carbonyl (C=O) groups is 1. The zero-order valence-corrected chi connectivity index (χ0v) is 8.83. The summed E-state index contributed by atoms with van der Waals surface area (Å²) in [5.74, 6) is 0.158. The minimum absolute atomic E-state index is 0.230. The van der Waals surface area contributed by atoms with Crippen LogP contribution in [0, 0.1) is 5.92 Å². The third-order valence-electron chi connectivity index (χ3n) is 1.41. The molecule has 0 saturated heterocycles. The van der Waals surface area contributed by atoms with E-state index in [0.29, 0.717) is 18.1 Å². The molecule has 13 heavy (non-hydrogen) atoms. The highest BCUT2D eigenvalue weighted by molar-refractivity contribution is 5.88. The molecule has 0 N–H and O–H groups in total. The van der Waals surface area contributed by atoms with Crippen LogP contribution in [-0.4, -0.2) is 12.6 Å². The van der Waals surface area contributed by atoms with Crippen LogP contribution in [0.15, 0.2) is 23.8 Å². The molecule has 0 aliphatic rings. The monoisotopic (exact) mass is 182 g/mol. The highest BCUT2D eigenvalue weighted by atomic mass is 16.5. The van der Waals surface area contributed by atoms with Crippen molar-refractivity contribution in [1.82, 2.24) is 0 Å². The summed E-state index contributed by atoms with van der Waals surface area (Å²) in [6.45, 7) is 8.17. The van der Waals surface area contributed by atoms with E-state index in [9.17, 15) is 4.79 Å². The molecule has 0 bridgehead atoms. The van der Waals surface area contributed by atoms with Crippen LogP contribution in [0.25, 0.3) is 0 Å². The molecule has 0 amide bonds. The van der Waals surface area contributed by atoms with Crippen molar-refractivity contribution in [1.29, 1.82) is 0 Å². The highest BCUT2D eigenvalue weighted by Gasteiger charge is 2.05. The van der Waals surface area contributed by atoms with Crippen LogP contribution >= 0.6 is 0 Å². The molecular formula is C11H18O2. The molecule has 0 aromatic carbocycles. The molecule has 2 nitrogen and oxygen atoms in total. The first kappa shape index (κ1) is 11.9. The number of hydrogen-bond acceptors (Lipinski definition) is 2. The van der Waals surface area contributed by atoms with E-state index < -0.39 is 0 Å². The molecule has 0 saturated carbocycles. The van der Waals surface area contributed by atoms with Crippen molar-refractivity contribution in [2.24, 2.45) is 5.92 Å². The van der Waals surface area contributed by atoms with Gasteiger partial charge in [-0.2, -0.15) is 0 Å². The maximum Gasteiger partial charge on any atom is 0.333 e. The lowest BCUT2D eigenvalue weighted by atomic mass is 10.2. The Bertz CT molecular complexity index is 212. The Kier molecular flexibility index (Phi) is 5.94. The van der Waals surface area contributed by atoms with Crippen molar-refractivity contribution in [3.63, 3.8) is 0 Å². The standard InChI is InChI=1S/C11H18O2/c1-5-6-7-10(4)11(12)13-8-9(2)3/h5-7,9H,8H2,1-4H3. The number of carbonyl (C=O) groups excluding carboxylic acids is 1. The summed E-state index contributed by atoms with van der Waals surface area (Å²) in [4.78, 5) is 11.2. The van der Waals surface area contributed by atoms with Crippen LogP contribution in [0.3, 0.4) is 0 Å². The molecule has 0 aromatic rings. The van der Waals surface area contributed by atoms with Crippen LogP contribution < -0.4 is 0 Å². The van der Waals surface area contributed by atoms with E-state index in [1.165, 1.54) is 0 Å². The average Bonchev–Trinajstić information content (AvgIpc) is 2.10. The third kappa shape index (κ3) is 6.14. The number of rotatable bonds is 4. The Balaban J connectivity index is 3.96. The number of allylic oxidation sites excluding steroid dienone is 3. The first-order valence-electron chi connectivity index (χ1n) is 4.54. The van der Waals surface area contributed by atoms with Crippen molar-refractivity contribution in [2.45, 2.75) is 27.7 Å². The van der Waals surface area contributed by atoms with Crippen LogP contribution in [0.4, 0.5) is 0 Å². The second kappa shape index (κ2) is 6.46. The third-order valence-corrected chi connectivity index (χ3v) is 1.41. The van der Waals surface area contributed by atoms with Gasteiger partial charge in [-0.15, -0.1) is 0 Å². The summed E-state index contributed by atoms with van der Waals surface area (Å²) in [7, 11) is 0. The lowest BCUT2D eigenvalue weighted by Crippen LogP contribution is -2.10. The SMILES string of the molecule is CC=CC=C(C)C(=O)OCC(C)C. The second-order valence-corrected chi connectivity index (χ2v) is 3.37. The normalized spacial score (nSPS) is 12.5. The van der Waals surface area contributed by atoms with E-state index in [1.54, 1.807) is 13.0 Å². The fourth-order valence-corrected chi connectivity index (χ4v) is 0.665. The fraction of sp³-hybridized carbons (Fsp3) is 0.545. The summed E-state index contributed by atoms with van der Waals surface area (Å²) < 4.78 is 5.02. The molecule has 0 radical (unpaired) electrons. The molecule has 0 spiro atoms. The lowest BCUT2D eigenvalue weighted by Gasteiger charge is -2.06. The molecule has 0 aliphatic heterocycles. The molecule has 2 heteroatoms. The van der Waals surface area contributed by atoms with Gasteiger partial charge in [0.15, 0.2) is 0 Å². The van der Waals surface area contributed by atoms with E-state index in [2.05, 4.69) is 0 Å². The van der Waals surface area contributed by atoms with Crippen LogP contribution in [0.2, 0.25) is 0 Å². The van der Waals surface area contributed by atoms with Crippen molar-refractivity contribution in [3.05, 3.63) is 23.8 Å². The fourth-order valence-electron chi connectivity index (χ4n) is 0.665. The first-order valence-corrected chi connectivity index (χ1v) is 4.54. The van der Waals surface area contributed by atoms with E-state index in [1.807, 2.05) is 32.9 Å². The van der Waals surface area contributed by atoms with Gasteiger partial charge in [0.05, 0.1) is 6.61 Å².